The summed E-state index contributed by atoms with van der Waals surface area (Å²) in [6, 6.07) is 0. The second kappa shape index (κ2) is 24.8. The second-order valence-electron chi connectivity index (χ2n) is 2.31. The second-order valence-corrected chi connectivity index (χ2v) is 2.31. The van der Waals surface area contributed by atoms with Crippen LogP contribution in [-0.4, -0.2) is 48.9 Å². The normalized spacial score (nSPS) is 22.5. The summed E-state index contributed by atoms with van der Waals surface area (Å²) in [5, 5.41) is 21.0. The number of hydrogen-bond acceptors (Lipinski definition) is 4. The standard InChI is InChI=1S/C6H9O.C2H5.3CH4O.Zr/c1-2-4-6-5(3-1)7-6;4*1-2;/h1,5-6H,2-4H2;1H2,2H3;3*2H,1H3;/q2*-1;;;;+2. The van der Waals surface area contributed by atoms with Crippen molar-refractivity contribution in [1.29, 1.82) is 0 Å². The monoisotopic (exact) mass is 312 g/mol. The first-order valence-electron chi connectivity index (χ1n) is 4.99. The summed E-state index contributed by atoms with van der Waals surface area (Å²) >= 11 is 0. The van der Waals surface area contributed by atoms with Crippen molar-refractivity contribution in [2.24, 2.45) is 0 Å². The van der Waals surface area contributed by atoms with Gasteiger partial charge in [-0.3, -0.25) is 0 Å². The van der Waals surface area contributed by atoms with E-state index in [0.29, 0.717) is 12.2 Å². The van der Waals surface area contributed by atoms with E-state index in [1.54, 1.807) is 6.92 Å². The molecule has 1 aliphatic heterocycles. The summed E-state index contributed by atoms with van der Waals surface area (Å²) in [5.41, 5.74) is 0. The van der Waals surface area contributed by atoms with Gasteiger partial charge in [0, 0.05) is 21.3 Å². The van der Waals surface area contributed by atoms with Gasteiger partial charge in [0.05, 0.1) is 12.2 Å². The molecular formula is C11H26O4Zr. The van der Waals surface area contributed by atoms with Crippen LogP contribution >= 0.6 is 0 Å². The van der Waals surface area contributed by atoms with Crippen LogP contribution in [0.2, 0.25) is 0 Å². The largest absolute Gasteiger partial charge is 2.00 e. The Morgan fingerprint density at radius 2 is 1.44 bits per heavy atom. The molecule has 0 radical (unpaired) electrons. The average molecular weight is 314 g/mol. The third-order valence-corrected chi connectivity index (χ3v) is 1.74. The van der Waals surface area contributed by atoms with E-state index in [1.165, 1.54) is 19.3 Å². The zero-order valence-corrected chi connectivity index (χ0v) is 13.3. The number of rotatable bonds is 0. The van der Waals surface area contributed by atoms with Gasteiger partial charge >= 0.3 is 26.2 Å². The molecule has 1 saturated heterocycles. The summed E-state index contributed by atoms with van der Waals surface area (Å²) in [4.78, 5) is 0. The molecule has 2 unspecified atom stereocenters. The Bertz CT molecular complexity index is 84.1. The predicted molar refractivity (Wildman–Crippen MR) is 62.3 cm³/mol. The first kappa shape index (κ1) is 25.5. The minimum atomic E-state index is 0. The molecule has 5 heteroatoms. The van der Waals surface area contributed by atoms with E-state index in [1.807, 2.05) is 0 Å². The van der Waals surface area contributed by atoms with Crippen LogP contribution in [0.3, 0.4) is 0 Å². The molecule has 1 heterocycles. The molecule has 1 saturated carbocycles. The van der Waals surface area contributed by atoms with Crippen LogP contribution in [0.15, 0.2) is 0 Å². The molecule has 2 atom stereocenters. The summed E-state index contributed by atoms with van der Waals surface area (Å²) in [6.45, 7) is 5.00. The Kier molecular flexibility index (Phi) is 39.6. The van der Waals surface area contributed by atoms with Gasteiger partial charge in [0.25, 0.3) is 0 Å². The molecule has 0 aromatic carbocycles. The number of epoxide rings is 1. The van der Waals surface area contributed by atoms with E-state index in [-0.39, 0.29) is 26.2 Å². The summed E-state index contributed by atoms with van der Waals surface area (Å²) in [5.74, 6) is 0. The van der Waals surface area contributed by atoms with Crippen molar-refractivity contribution < 1.29 is 46.3 Å². The number of aliphatic hydroxyl groups excluding tert-OH is 3. The maximum absolute atomic E-state index is 7.00. The molecule has 1 aliphatic carbocycles. The fourth-order valence-corrected chi connectivity index (χ4v) is 1.20. The SMILES string of the molecule is CO.CO.CO.[CH-]1CCC2OC2C1.[CH2-]C.[Zr+2]. The molecule has 98 valence electrons. The Labute approximate surface area is 119 Å². The van der Waals surface area contributed by atoms with Gasteiger partial charge in [-0.05, 0) is 0 Å². The van der Waals surface area contributed by atoms with Crippen molar-refractivity contribution in [1.82, 2.24) is 0 Å². The zero-order valence-electron chi connectivity index (χ0n) is 10.8. The number of ether oxygens (including phenoxy) is 1. The Morgan fingerprint density at radius 3 is 1.69 bits per heavy atom. The van der Waals surface area contributed by atoms with Crippen LogP contribution in [-0.2, 0) is 30.9 Å². The van der Waals surface area contributed by atoms with E-state index >= 15 is 0 Å². The molecule has 0 aromatic heterocycles. The van der Waals surface area contributed by atoms with Gasteiger partial charge in [-0.25, -0.2) is 0 Å². The first-order chi connectivity index (χ1) is 7.47. The van der Waals surface area contributed by atoms with Gasteiger partial charge in [-0.2, -0.15) is 13.3 Å². The van der Waals surface area contributed by atoms with E-state index in [0.717, 1.165) is 21.3 Å². The Morgan fingerprint density at radius 1 is 1.00 bits per heavy atom. The minimum Gasteiger partial charge on any atom is -0.400 e. The van der Waals surface area contributed by atoms with Crippen LogP contribution in [0, 0.1) is 13.3 Å². The molecule has 4 nitrogen and oxygen atoms in total. The van der Waals surface area contributed by atoms with E-state index < -0.39 is 0 Å². The molecule has 0 bridgehead atoms. The number of fused-ring (bicyclic) bond motifs is 1. The topological polar surface area (TPSA) is 73.2 Å². The average Bonchev–Trinajstić information content (AvgIpc) is 3.18. The molecule has 2 fully saturated rings. The summed E-state index contributed by atoms with van der Waals surface area (Å²) < 4.78 is 5.25. The Balaban J connectivity index is -0.0000000705. The zero-order chi connectivity index (χ0) is 12.7. The van der Waals surface area contributed by atoms with Crippen molar-refractivity contribution in [2.45, 2.75) is 38.4 Å². The molecule has 0 amide bonds. The van der Waals surface area contributed by atoms with Gasteiger partial charge in [0.15, 0.2) is 0 Å². The minimum absolute atomic E-state index is 0. The van der Waals surface area contributed by atoms with Gasteiger partial charge in [-0.1, -0.05) is 6.42 Å². The maximum atomic E-state index is 7.00. The van der Waals surface area contributed by atoms with Gasteiger partial charge in [-0.15, -0.1) is 6.42 Å². The third-order valence-electron chi connectivity index (χ3n) is 1.74. The van der Waals surface area contributed by atoms with Crippen LogP contribution in [0.25, 0.3) is 0 Å². The van der Waals surface area contributed by atoms with Gasteiger partial charge in [0.2, 0.25) is 0 Å². The van der Waals surface area contributed by atoms with Crippen molar-refractivity contribution in [3.63, 3.8) is 0 Å². The van der Waals surface area contributed by atoms with Crippen molar-refractivity contribution in [3.05, 3.63) is 13.3 Å². The van der Waals surface area contributed by atoms with Crippen molar-refractivity contribution in [2.75, 3.05) is 21.3 Å². The molecule has 0 aromatic rings. The quantitative estimate of drug-likeness (QED) is 0.457. The fraction of sp³-hybridized carbons (Fsp3) is 0.818. The number of hydrogen-bond donors (Lipinski definition) is 3. The fourth-order valence-electron chi connectivity index (χ4n) is 1.20. The molecule has 2 aliphatic rings. The summed E-state index contributed by atoms with van der Waals surface area (Å²) in [7, 11) is 3.00. The molecule has 3 N–H and O–H groups in total. The molecule has 16 heavy (non-hydrogen) atoms. The van der Waals surface area contributed by atoms with Crippen LogP contribution < -0.4 is 0 Å². The third kappa shape index (κ3) is 14.7. The summed E-state index contributed by atoms with van der Waals surface area (Å²) in [6.07, 6.45) is 7.42. The molecule has 2 rings (SSSR count). The van der Waals surface area contributed by atoms with Gasteiger partial charge < -0.3 is 33.4 Å². The Hall–Kier alpha value is 0.723. The van der Waals surface area contributed by atoms with E-state index in [4.69, 9.17) is 20.1 Å². The maximum Gasteiger partial charge on any atom is 2.00 e. The predicted octanol–water partition coefficient (Wildman–Crippen LogP) is 0.805. The molecular weight excluding hydrogens is 287 g/mol. The molecule has 0 spiro atoms. The van der Waals surface area contributed by atoms with Crippen LogP contribution in [0.5, 0.6) is 0 Å². The first-order valence-corrected chi connectivity index (χ1v) is 4.99. The van der Waals surface area contributed by atoms with Crippen molar-refractivity contribution in [3.8, 4) is 0 Å². The van der Waals surface area contributed by atoms with Crippen LogP contribution in [0.4, 0.5) is 0 Å². The van der Waals surface area contributed by atoms with Crippen LogP contribution in [0.1, 0.15) is 26.2 Å². The van der Waals surface area contributed by atoms with Crippen molar-refractivity contribution >= 4 is 0 Å². The van der Waals surface area contributed by atoms with E-state index in [2.05, 4.69) is 13.3 Å². The number of aliphatic hydroxyl groups is 3. The van der Waals surface area contributed by atoms with E-state index in [9.17, 15) is 0 Å². The van der Waals surface area contributed by atoms with Gasteiger partial charge in [0.1, 0.15) is 0 Å². The smallest absolute Gasteiger partial charge is 0.400 e.